The zero-order chi connectivity index (χ0) is 11.5. The van der Waals surface area contributed by atoms with E-state index in [0.717, 1.165) is 25.7 Å². The lowest BCUT2D eigenvalue weighted by Gasteiger charge is -2.03. The van der Waals surface area contributed by atoms with Crippen LogP contribution in [0.3, 0.4) is 0 Å². The quantitative estimate of drug-likeness (QED) is 0.562. The number of nitrogens with one attached hydrogen (secondary N) is 1. The first-order valence-corrected chi connectivity index (χ1v) is 5.63. The molecule has 0 aliphatic rings. The fourth-order valence-corrected chi connectivity index (χ4v) is 1.26. The molecule has 3 N–H and O–H groups in total. The van der Waals surface area contributed by atoms with Crippen LogP contribution in [0.25, 0.3) is 0 Å². The minimum Gasteiger partial charge on any atom is -0.356 e. The summed E-state index contributed by atoms with van der Waals surface area (Å²) >= 11 is 0. The molecule has 0 aliphatic carbocycles. The van der Waals surface area contributed by atoms with E-state index in [1.54, 1.807) is 6.92 Å². The van der Waals surface area contributed by atoms with Gasteiger partial charge < -0.3 is 15.8 Å². The lowest BCUT2D eigenvalue weighted by Crippen LogP contribution is -2.24. The second-order valence-electron chi connectivity index (χ2n) is 3.75. The molecule has 0 saturated carbocycles. The number of rotatable bonds is 9. The van der Waals surface area contributed by atoms with Crippen molar-refractivity contribution in [3.63, 3.8) is 0 Å². The van der Waals surface area contributed by atoms with Gasteiger partial charge in [-0.3, -0.25) is 4.79 Å². The van der Waals surface area contributed by atoms with Crippen molar-refractivity contribution in [2.24, 2.45) is 5.73 Å². The van der Waals surface area contributed by atoms with Crippen molar-refractivity contribution in [2.45, 2.75) is 45.4 Å². The average Bonchev–Trinajstić information content (AvgIpc) is 2.19. The summed E-state index contributed by atoms with van der Waals surface area (Å²) in [6.07, 6.45) is 4.75. The van der Waals surface area contributed by atoms with E-state index in [9.17, 15) is 9.59 Å². The number of Topliss-reactive ketones (excluding diaryl/α,β-unsaturated/α-hetero) is 1. The van der Waals surface area contributed by atoms with Crippen LogP contribution in [0.1, 0.15) is 45.4 Å². The second kappa shape index (κ2) is 9.65. The molecule has 0 aromatic carbocycles. The van der Waals surface area contributed by atoms with E-state index in [2.05, 4.69) is 5.32 Å². The van der Waals surface area contributed by atoms with Gasteiger partial charge >= 0.3 is 0 Å². The van der Waals surface area contributed by atoms with E-state index >= 15 is 0 Å². The maximum atomic E-state index is 11.2. The predicted octanol–water partition coefficient (Wildman–Crippen LogP) is 0.991. The normalized spacial score (nSPS) is 10.0. The van der Waals surface area contributed by atoms with Crippen LogP contribution in [0.2, 0.25) is 0 Å². The molecule has 0 heterocycles. The Bertz CT molecular complexity index is 193. The summed E-state index contributed by atoms with van der Waals surface area (Å²) in [7, 11) is 0. The van der Waals surface area contributed by atoms with Crippen LogP contribution in [-0.4, -0.2) is 24.8 Å². The molecule has 0 rings (SSSR count). The largest absolute Gasteiger partial charge is 0.356 e. The molecule has 0 aromatic rings. The van der Waals surface area contributed by atoms with Gasteiger partial charge in [-0.2, -0.15) is 0 Å². The van der Waals surface area contributed by atoms with E-state index in [1.165, 1.54) is 0 Å². The number of amides is 1. The van der Waals surface area contributed by atoms with Gasteiger partial charge in [0, 0.05) is 19.4 Å². The van der Waals surface area contributed by atoms with E-state index in [-0.39, 0.29) is 11.7 Å². The van der Waals surface area contributed by atoms with Gasteiger partial charge in [0.25, 0.3) is 0 Å². The third-order valence-electron chi connectivity index (χ3n) is 2.14. The molecule has 15 heavy (non-hydrogen) atoms. The molecule has 0 bridgehead atoms. The minimum absolute atomic E-state index is 0.0792. The monoisotopic (exact) mass is 214 g/mol. The summed E-state index contributed by atoms with van der Waals surface area (Å²) in [6, 6.07) is 0. The molecule has 4 nitrogen and oxygen atoms in total. The number of hydrogen-bond acceptors (Lipinski definition) is 3. The minimum atomic E-state index is 0.0792. The van der Waals surface area contributed by atoms with Crippen molar-refractivity contribution >= 4 is 11.7 Å². The van der Waals surface area contributed by atoms with E-state index < -0.39 is 0 Å². The van der Waals surface area contributed by atoms with E-state index in [0.29, 0.717) is 25.9 Å². The summed E-state index contributed by atoms with van der Waals surface area (Å²) in [5, 5.41) is 2.79. The van der Waals surface area contributed by atoms with Crippen LogP contribution >= 0.6 is 0 Å². The highest BCUT2D eigenvalue weighted by Crippen LogP contribution is 1.98. The first-order chi connectivity index (χ1) is 7.16. The zero-order valence-electron chi connectivity index (χ0n) is 9.55. The fraction of sp³-hybridized carbons (Fsp3) is 0.818. The van der Waals surface area contributed by atoms with Crippen molar-refractivity contribution in [1.82, 2.24) is 5.32 Å². The number of carbonyl (C=O) groups excluding carboxylic acids is 2. The Morgan fingerprint density at radius 1 is 1.07 bits per heavy atom. The molecule has 0 unspecified atom stereocenters. The Balaban J connectivity index is 3.22. The van der Waals surface area contributed by atoms with E-state index in [1.807, 2.05) is 0 Å². The molecule has 0 aliphatic heterocycles. The predicted molar refractivity (Wildman–Crippen MR) is 60.4 cm³/mol. The molecule has 1 amide bonds. The van der Waals surface area contributed by atoms with Crippen LogP contribution in [0.5, 0.6) is 0 Å². The third kappa shape index (κ3) is 11.0. The van der Waals surface area contributed by atoms with Crippen LogP contribution in [0, 0.1) is 0 Å². The standard InChI is InChI=1S/C11H22N2O2/c1-10(14)6-5-9-13-11(15)7-3-2-4-8-12/h2-9,12H2,1H3,(H,13,15). The SMILES string of the molecule is CC(=O)CCCNC(=O)CCCCCN. The van der Waals surface area contributed by atoms with Crippen LogP contribution in [-0.2, 0) is 9.59 Å². The highest BCUT2D eigenvalue weighted by atomic mass is 16.1. The van der Waals surface area contributed by atoms with Crippen molar-refractivity contribution in [2.75, 3.05) is 13.1 Å². The Morgan fingerprint density at radius 2 is 1.80 bits per heavy atom. The molecule has 0 saturated heterocycles. The summed E-state index contributed by atoms with van der Waals surface area (Å²) in [4.78, 5) is 21.8. The molecule has 0 spiro atoms. The van der Waals surface area contributed by atoms with Crippen LogP contribution in [0.4, 0.5) is 0 Å². The average molecular weight is 214 g/mol. The van der Waals surface area contributed by atoms with Crippen molar-refractivity contribution < 1.29 is 9.59 Å². The zero-order valence-corrected chi connectivity index (χ0v) is 9.55. The Morgan fingerprint density at radius 3 is 2.40 bits per heavy atom. The first kappa shape index (κ1) is 14.1. The highest BCUT2D eigenvalue weighted by molar-refractivity contribution is 5.76. The number of unbranched alkanes of at least 4 members (excludes halogenated alkanes) is 2. The maximum Gasteiger partial charge on any atom is 0.219 e. The topological polar surface area (TPSA) is 72.2 Å². The van der Waals surface area contributed by atoms with Crippen molar-refractivity contribution in [3.05, 3.63) is 0 Å². The van der Waals surface area contributed by atoms with Gasteiger partial charge in [-0.15, -0.1) is 0 Å². The summed E-state index contributed by atoms with van der Waals surface area (Å²) < 4.78 is 0. The highest BCUT2D eigenvalue weighted by Gasteiger charge is 2.00. The molecular formula is C11H22N2O2. The summed E-state index contributed by atoms with van der Waals surface area (Å²) in [6.45, 7) is 2.87. The van der Waals surface area contributed by atoms with E-state index in [4.69, 9.17) is 5.73 Å². The molecule has 88 valence electrons. The van der Waals surface area contributed by atoms with Crippen LogP contribution < -0.4 is 11.1 Å². The number of nitrogens with two attached hydrogens (primary N) is 1. The van der Waals surface area contributed by atoms with Crippen LogP contribution in [0.15, 0.2) is 0 Å². The lowest BCUT2D eigenvalue weighted by atomic mass is 10.2. The summed E-state index contributed by atoms with van der Waals surface area (Å²) in [5.74, 6) is 0.253. The smallest absolute Gasteiger partial charge is 0.219 e. The van der Waals surface area contributed by atoms with Gasteiger partial charge in [0.15, 0.2) is 0 Å². The van der Waals surface area contributed by atoms with Gasteiger partial charge in [0.1, 0.15) is 5.78 Å². The number of hydrogen-bond donors (Lipinski definition) is 2. The molecule has 4 heteroatoms. The van der Waals surface area contributed by atoms with Gasteiger partial charge in [0.05, 0.1) is 0 Å². The maximum absolute atomic E-state index is 11.2. The first-order valence-electron chi connectivity index (χ1n) is 5.63. The lowest BCUT2D eigenvalue weighted by molar-refractivity contribution is -0.121. The van der Waals surface area contributed by atoms with Gasteiger partial charge in [0.2, 0.25) is 5.91 Å². The molecule has 0 atom stereocenters. The Hall–Kier alpha value is -0.900. The molecule has 0 radical (unpaired) electrons. The molecule has 0 aromatic heterocycles. The Kier molecular flexibility index (Phi) is 9.07. The Labute approximate surface area is 91.6 Å². The second-order valence-corrected chi connectivity index (χ2v) is 3.75. The van der Waals surface area contributed by atoms with Crippen molar-refractivity contribution in [3.8, 4) is 0 Å². The summed E-state index contributed by atoms with van der Waals surface area (Å²) in [5.41, 5.74) is 5.34. The molecular weight excluding hydrogens is 192 g/mol. The fourth-order valence-electron chi connectivity index (χ4n) is 1.26. The van der Waals surface area contributed by atoms with Gasteiger partial charge in [-0.05, 0) is 32.7 Å². The molecule has 0 fully saturated rings. The van der Waals surface area contributed by atoms with Gasteiger partial charge in [-0.25, -0.2) is 0 Å². The number of ketones is 1. The van der Waals surface area contributed by atoms with Crippen molar-refractivity contribution in [1.29, 1.82) is 0 Å². The third-order valence-corrected chi connectivity index (χ3v) is 2.14. The van der Waals surface area contributed by atoms with Gasteiger partial charge in [-0.1, -0.05) is 6.42 Å². The number of carbonyl (C=O) groups is 2.